The Kier molecular flexibility index (Phi) is 5.68. The molecule has 6 heteroatoms. The third-order valence-electron chi connectivity index (χ3n) is 3.07. The lowest BCUT2D eigenvalue weighted by Gasteiger charge is -2.14. The second kappa shape index (κ2) is 7.72. The van der Waals surface area contributed by atoms with E-state index in [-0.39, 0.29) is 18.1 Å². The monoisotopic (exact) mass is 303 g/mol. The van der Waals surface area contributed by atoms with Gasteiger partial charge in [-0.15, -0.1) is 0 Å². The summed E-state index contributed by atoms with van der Waals surface area (Å²) < 4.78 is 5.19. The standard InChI is InChI=1S/C16H21N3O3/c1-12(20)9-17-16(21)15-8-14(22-18-15)11-19(2)10-13-6-4-3-5-7-13/h3-8,12,20H,9-11H2,1-2H3,(H,17,21). The van der Waals surface area contributed by atoms with Crippen molar-refractivity contribution in [3.05, 3.63) is 53.4 Å². The lowest BCUT2D eigenvalue weighted by Crippen LogP contribution is -2.30. The first-order valence-corrected chi connectivity index (χ1v) is 7.19. The molecule has 0 fully saturated rings. The maximum Gasteiger partial charge on any atom is 0.273 e. The van der Waals surface area contributed by atoms with Gasteiger partial charge in [-0.05, 0) is 19.5 Å². The number of nitrogens with zero attached hydrogens (tertiary/aromatic N) is 2. The van der Waals surface area contributed by atoms with Crippen molar-refractivity contribution in [1.82, 2.24) is 15.4 Å². The van der Waals surface area contributed by atoms with E-state index in [4.69, 9.17) is 9.63 Å². The van der Waals surface area contributed by atoms with Crippen LogP contribution in [0.2, 0.25) is 0 Å². The number of nitrogens with one attached hydrogen (secondary N) is 1. The van der Waals surface area contributed by atoms with E-state index in [1.807, 2.05) is 25.2 Å². The van der Waals surface area contributed by atoms with Gasteiger partial charge in [0.05, 0.1) is 12.6 Å². The molecule has 1 atom stereocenters. The van der Waals surface area contributed by atoms with Crippen molar-refractivity contribution < 1.29 is 14.4 Å². The van der Waals surface area contributed by atoms with Crippen molar-refractivity contribution in [2.45, 2.75) is 26.1 Å². The molecule has 0 aliphatic rings. The molecule has 0 aliphatic carbocycles. The summed E-state index contributed by atoms with van der Waals surface area (Å²) in [5.41, 5.74) is 1.43. The Hall–Kier alpha value is -2.18. The number of hydrogen-bond donors (Lipinski definition) is 2. The van der Waals surface area contributed by atoms with Crippen LogP contribution in [0.25, 0.3) is 0 Å². The normalized spacial score (nSPS) is 12.4. The number of aliphatic hydroxyl groups is 1. The van der Waals surface area contributed by atoms with Crippen LogP contribution in [0, 0.1) is 0 Å². The summed E-state index contributed by atoms with van der Waals surface area (Å²) in [6.45, 7) is 3.14. The predicted molar refractivity (Wildman–Crippen MR) is 82.1 cm³/mol. The summed E-state index contributed by atoms with van der Waals surface area (Å²) in [5.74, 6) is 0.280. The van der Waals surface area contributed by atoms with E-state index in [1.54, 1.807) is 13.0 Å². The first-order valence-electron chi connectivity index (χ1n) is 7.19. The fourth-order valence-electron chi connectivity index (χ4n) is 2.04. The molecular formula is C16H21N3O3. The van der Waals surface area contributed by atoms with Crippen LogP contribution in [0.1, 0.15) is 28.7 Å². The third-order valence-corrected chi connectivity index (χ3v) is 3.07. The molecular weight excluding hydrogens is 282 g/mol. The maximum absolute atomic E-state index is 11.8. The second-order valence-electron chi connectivity index (χ2n) is 5.40. The molecule has 1 aromatic heterocycles. The van der Waals surface area contributed by atoms with Gasteiger partial charge in [0.25, 0.3) is 5.91 Å². The van der Waals surface area contributed by atoms with E-state index < -0.39 is 6.10 Å². The summed E-state index contributed by atoms with van der Waals surface area (Å²) in [6.07, 6.45) is -0.590. The van der Waals surface area contributed by atoms with Crippen molar-refractivity contribution >= 4 is 5.91 Å². The highest BCUT2D eigenvalue weighted by molar-refractivity contribution is 5.92. The van der Waals surface area contributed by atoms with Crippen LogP contribution >= 0.6 is 0 Å². The van der Waals surface area contributed by atoms with Crippen LogP contribution in [0.5, 0.6) is 0 Å². The van der Waals surface area contributed by atoms with Gasteiger partial charge in [-0.1, -0.05) is 35.5 Å². The number of amides is 1. The van der Waals surface area contributed by atoms with E-state index >= 15 is 0 Å². The minimum absolute atomic E-state index is 0.189. The Morgan fingerprint density at radius 1 is 1.36 bits per heavy atom. The van der Waals surface area contributed by atoms with Crippen LogP contribution < -0.4 is 5.32 Å². The van der Waals surface area contributed by atoms with Gasteiger partial charge in [0.15, 0.2) is 11.5 Å². The molecule has 22 heavy (non-hydrogen) atoms. The number of aromatic nitrogens is 1. The molecule has 2 aromatic rings. The number of carbonyl (C=O) groups excluding carboxylic acids is 1. The van der Waals surface area contributed by atoms with Gasteiger partial charge in [-0.3, -0.25) is 9.69 Å². The SMILES string of the molecule is CC(O)CNC(=O)c1cc(CN(C)Cc2ccccc2)on1. The van der Waals surface area contributed by atoms with E-state index in [1.165, 1.54) is 5.56 Å². The van der Waals surface area contributed by atoms with Gasteiger partial charge in [0.1, 0.15) is 0 Å². The number of hydrogen-bond acceptors (Lipinski definition) is 5. The smallest absolute Gasteiger partial charge is 0.273 e. The fraction of sp³-hybridized carbons (Fsp3) is 0.375. The first kappa shape index (κ1) is 16.2. The van der Waals surface area contributed by atoms with E-state index in [0.29, 0.717) is 12.3 Å². The summed E-state index contributed by atoms with van der Waals surface area (Å²) in [6, 6.07) is 11.7. The zero-order valence-corrected chi connectivity index (χ0v) is 12.8. The number of aliphatic hydroxyl groups excluding tert-OH is 1. The third kappa shape index (κ3) is 4.98. The summed E-state index contributed by atoms with van der Waals surface area (Å²) in [7, 11) is 1.97. The quantitative estimate of drug-likeness (QED) is 0.809. The highest BCUT2D eigenvalue weighted by atomic mass is 16.5. The van der Waals surface area contributed by atoms with Crippen LogP contribution in [-0.4, -0.2) is 40.8 Å². The average molecular weight is 303 g/mol. The van der Waals surface area contributed by atoms with Crippen molar-refractivity contribution in [2.24, 2.45) is 0 Å². The molecule has 118 valence electrons. The Morgan fingerprint density at radius 3 is 2.77 bits per heavy atom. The van der Waals surface area contributed by atoms with Gasteiger partial charge in [0.2, 0.25) is 0 Å². The highest BCUT2D eigenvalue weighted by Gasteiger charge is 2.14. The van der Waals surface area contributed by atoms with Gasteiger partial charge >= 0.3 is 0 Å². The molecule has 0 bridgehead atoms. The molecule has 1 heterocycles. The van der Waals surface area contributed by atoms with Gasteiger partial charge in [-0.25, -0.2) is 0 Å². The maximum atomic E-state index is 11.8. The van der Waals surface area contributed by atoms with Crippen molar-refractivity contribution in [3.63, 3.8) is 0 Å². The molecule has 6 nitrogen and oxygen atoms in total. The van der Waals surface area contributed by atoms with Crippen molar-refractivity contribution in [3.8, 4) is 0 Å². The minimum Gasteiger partial charge on any atom is -0.392 e. The number of carbonyl (C=O) groups is 1. The lowest BCUT2D eigenvalue weighted by molar-refractivity contribution is 0.0915. The van der Waals surface area contributed by atoms with Crippen LogP contribution in [-0.2, 0) is 13.1 Å². The number of benzene rings is 1. The Morgan fingerprint density at radius 2 is 2.09 bits per heavy atom. The van der Waals surface area contributed by atoms with E-state index in [0.717, 1.165) is 6.54 Å². The predicted octanol–water partition coefficient (Wildman–Crippen LogP) is 1.42. The molecule has 1 aromatic carbocycles. The van der Waals surface area contributed by atoms with Gasteiger partial charge < -0.3 is 14.9 Å². The number of rotatable bonds is 7. The highest BCUT2D eigenvalue weighted by Crippen LogP contribution is 2.09. The largest absolute Gasteiger partial charge is 0.392 e. The molecule has 0 saturated carbocycles. The Balaban J connectivity index is 1.87. The van der Waals surface area contributed by atoms with Crippen molar-refractivity contribution in [1.29, 1.82) is 0 Å². The van der Waals surface area contributed by atoms with Crippen LogP contribution in [0.15, 0.2) is 40.9 Å². The van der Waals surface area contributed by atoms with Crippen molar-refractivity contribution in [2.75, 3.05) is 13.6 Å². The Bertz CT molecular complexity index is 596. The molecule has 0 aliphatic heterocycles. The Labute approximate surface area is 129 Å². The molecule has 2 N–H and O–H groups in total. The molecule has 0 saturated heterocycles. The zero-order valence-electron chi connectivity index (χ0n) is 12.8. The first-order chi connectivity index (χ1) is 10.5. The van der Waals surface area contributed by atoms with E-state index in [2.05, 4.69) is 27.5 Å². The zero-order chi connectivity index (χ0) is 15.9. The topological polar surface area (TPSA) is 78.6 Å². The minimum atomic E-state index is -0.590. The van der Waals surface area contributed by atoms with Gasteiger partial charge in [0, 0.05) is 19.2 Å². The molecule has 1 amide bonds. The summed E-state index contributed by atoms with van der Waals surface area (Å²) >= 11 is 0. The van der Waals surface area contributed by atoms with Crippen LogP contribution in [0.3, 0.4) is 0 Å². The molecule has 0 spiro atoms. The summed E-state index contributed by atoms with van der Waals surface area (Å²) in [4.78, 5) is 13.9. The van der Waals surface area contributed by atoms with Gasteiger partial charge in [-0.2, -0.15) is 0 Å². The second-order valence-corrected chi connectivity index (χ2v) is 5.40. The average Bonchev–Trinajstić information content (AvgIpc) is 2.94. The fourth-order valence-corrected chi connectivity index (χ4v) is 2.04. The van der Waals surface area contributed by atoms with E-state index in [9.17, 15) is 4.79 Å². The van der Waals surface area contributed by atoms with Crippen LogP contribution in [0.4, 0.5) is 0 Å². The lowest BCUT2D eigenvalue weighted by atomic mass is 10.2. The molecule has 1 unspecified atom stereocenters. The summed E-state index contributed by atoms with van der Waals surface area (Å²) in [5, 5.41) is 15.5. The molecule has 0 radical (unpaired) electrons. The molecule has 2 rings (SSSR count).